The molecule has 0 radical (unpaired) electrons. The van der Waals surface area contributed by atoms with E-state index in [4.69, 9.17) is 4.74 Å². The topological polar surface area (TPSA) is 43.4 Å². The van der Waals surface area contributed by atoms with E-state index in [2.05, 4.69) is 0 Å². The van der Waals surface area contributed by atoms with Crippen molar-refractivity contribution < 1.29 is 14.3 Å². The normalized spacial score (nSPS) is 14.3. The lowest BCUT2D eigenvalue weighted by atomic mass is 9.88. The van der Waals surface area contributed by atoms with Crippen LogP contribution in [0.15, 0.2) is 42.0 Å². The van der Waals surface area contributed by atoms with Crippen LogP contribution in [0.25, 0.3) is 10.8 Å². The molecule has 0 bridgehead atoms. The molecule has 3 heteroatoms. The summed E-state index contributed by atoms with van der Waals surface area (Å²) < 4.78 is 5.29. The Balaban J connectivity index is 2.37. The summed E-state index contributed by atoms with van der Waals surface area (Å²) in [4.78, 5) is 24.1. The third kappa shape index (κ3) is 1.66. The van der Waals surface area contributed by atoms with E-state index in [1.165, 1.54) is 6.08 Å². The van der Waals surface area contributed by atoms with Crippen molar-refractivity contribution in [3.63, 3.8) is 0 Å². The molecule has 0 unspecified atom stereocenters. The SMILES string of the molecule is COc1cccc2cc3c(cc12)C(=O)C=C(C)C3=O. The minimum Gasteiger partial charge on any atom is -0.496 e. The van der Waals surface area contributed by atoms with Gasteiger partial charge in [0.05, 0.1) is 7.11 Å². The predicted octanol–water partition coefficient (Wildman–Crippen LogP) is 3.17. The number of rotatable bonds is 1. The van der Waals surface area contributed by atoms with Gasteiger partial charge in [0.15, 0.2) is 11.6 Å². The van der Waals surface area contributed by atoms with Gasteiger partial charge in [0.2, 0.25) is 0 Å². The van der Waals surface area contributed by atoms with Crippen LogP contribution in [0.5, 0.6) is 5.75 Å². The Morgan fingerprint density at radius 1 is 1.05 bits per heavy atom. The third-order valence-corrected chi connectivity index (χ3v) is 3.41. The number of ether oxygens (including phenoxy) is 1. The first kappa shape index (κ1) is 11.7. The molecule has 94 valence electrons. The summed E-state index contributed by atoms with van der Waals surface area (Å²) in [6, 6.07) is 9.12. The zero-order chi connectivity index (χ0) is 13.6. The Labute approximate surface area is 110 Å². The second-order valence-corrected chi connectivity index (χ2v) is 4.60. The van der Waals surface area contributed by atoms with Gasteiger partial charge >= 0.3 is 0 Å². The molecule has 0 saturated heterocycles. The van der Waals surface area contributed by atoms with Crippen LogP contribution < -0.4 is 4.74 Å². The van der Waals surface area contributed by atoms with E-state index in [0.29, 0.717) is 22.4 Å². The third-order valence-electron chi connectivity index (χ3n) is 3.41. The smallest absolute Gasteiger partial charge is 0.189 e. The maximum Gasteiger partial charge on any atom is 0.189 e. The Hall–Kier alpha value is -2.42. The molecule has 2 aromatic rings. The van der Waals surface area contributed by atoms with Crippen molar-refractivity contribution in [2.75, 3.05) is 7.11 Å². The van der Waals surface area contributed by atoms with Crippen molar-refractivity contribution in [2.24, 2.45) is 0 Å². The summed E-state index contributed by atoms with van der Waals surface area (Å²) in [5.74, 6) is 0.492. The van der Waals surface area contributed by atoms with E-state index in [1.54, 1.807) is 26.2 Å². The number of ketones is 2. The Morgan fingerprint density at radius 2 is 1.84 bits per heavy atom. The molecule has 1 aliphatic carbocycles. The van der Waals surface area contributed by atoms with Crippen LogP contribution in [0, 0.1) is 0 Å². The number of Topliss-reactive ketones (excluding diaryl/α,β-unsaturated/α-hetero) is 1. The Kier molecular flexibility index (Phi) is 2.49. The number of hydrogen-bond acceptors (Lipinski definition) is 3. The van der Waals surface area contributed by atoms with Gasteiger partial charge in [-0.05, 0) is 36.6 Å². The number of methoxy groups -OCH3 is 1. The van der Waals surface area contributed by atoms with E-state index in [1.807, 2.05) is 18.2 Å². The molecule has 0 amide bonds. The molecule has 0 fully saturated rings. The van der Waals surface area contributed by atoms with Gasteiger partial charge in [-0.3, -0.25) is 9.59 Å². The minimum atomic E-state index is -0.125. The zero-order valence-electron chi connectivity index (χ0n) is 10.7. The van der Waals surface area contributed by atoms with Crippen LogP contribution >= 0.6 is 0 Å². The van der Waals surface area contributed by atoms with Gasteiger partial charge in [0.25, 0.3) is 0 Å². The number of allylic oxidation sites excluding steroid dienone is 2. The lowest BCUT2D eigenvalue weighted by Crippen LogP contribution is -2.15. The molecule has 19 heavy (non-hydrogen) atoms. The molecule has 0 spiro atoms. The summed E-state index contributed by atoms with van der Waals surface area (Å²) in [5, 5.41) is 1.74. The van der Waals surface area contributed by atoms with Gasteiger partial charge in [-0.1, -0.05) is 12.1 Å². The Morgan fingerprint density at radius 3 is 2.58 bits per heavy atom. The fourth-order valence-electron chi connectivity index (χ4n) is 2.42. The number of carbonyl (C=O) groups excluding carboxylic acids is 2. The van der Waals surface area contributed by atoms with Crippen molar-refractivity contribution >= 4 is 22.3 Å². The lowest BCUT2D eigenvalue weighted by Gasteiger charge is -2.14. The molecular formula is C16H12O3. The van der Waals surface area contributed by atoms with Crippen LogP contribution in [0.2, 0.25) is 0 Å². The molecular weight excluding hydrogens is 240 g/mol. The minimum absolute atomic E-state index is 0.0840. The Bertz CT molecular complexity index is 754. The molecule has 3 rings (SSSR count). The van der Waals surface area contributed by atoms with Crippen LogP contribution in [0.3, 0.4) is 0 Å². The van der Waals surface area contributed by atoms with E-state index in [-0.39, 0.29) is 11.6 Å². The summed E-state index contributed by atoms with van der Waals surface area (Å²) in [7, 11) is 1.59. The molecule has 0 atom stereocenters. The first-order valence-electron chi connectivity index (χ1n) is 6.00. The molecule has 0 saturated carbocycles. The second kappa shape index (κ2) is 4.05. The van der Waals surface area contributed by atoms with Gasteiger partial charge in [-0.15, -0.1) is 0 Å². The van der Waals surface area contributed by atoms with Gasteiger partial charge < -0.3 is 4.74 Å². The van der Waals surface area contributed by atoms with E-state index in [9.17, 15) is 9.59 Å². The first-order valence-corrected chi connectivity index (χ1v) is 6.00. The highest BCUT2D eigenvalue weighted by Crippen LogP contribution is 2.31. The highest BCUT2D eigenvalue weighted by molar-refractivity contribution is 6.25. The lowest BCUT2D eigenvalue weighted by molar-refractivity contribution is 0.0984. The van der Waals surface area contributed by atoms with Crippen LogP contribution in [0.1, 0.15) is 27.6 Å². The van der Waals surface area contributed by atoms with Crippen molar-refractivity contribution in [2.45, 2.75) is 6.92 Å². The summed E-state index contributed by atoms with van der Waals surface area (Å²) >= 11 is 0. The molecule has 0 aromatic heterocycles. The van der Waals surface area contributed by atoms with Crippen LogP contribution in [-0.4, -0.2) is 18.7 Å². The van der Waals surface area contributed by atoms with Crippen molar-refractivity contribution in [1.82, 2.24) is 0 Å². The van der Waals surface area contributed by atoms with E-state index >= 15 is 0 Å². The number of carbonyl (C=O) groups is 2. The summed E-state index contributed by atoms with van der Waals surface area (Å²) in [6.45, 7) is 1.67. The molecule has 1 aliphatic rings. The molecule has 0 heterocycles. The average Bonchev–Trinajstić information content (AvgIpc) is 2.42. The van der Waals surface area contributed by atoms with Gasteiger partial charge in [-0.2, -0.15) is 0 Å². The molecule has 0 aliphatic heterocycles. The van der Waals surface area contributed by atoms with Gasteiger partial charge in [0.1, 0.15) is 5.75 Å². The highest BCUT2D eigenvalue weighted by Gasteiger charge is 2.24. The monoisotopic (exact) mass is 252 g/mol. The predicted molar refractivity (Wildman–Crippen MR) is 72.9 cm³/mol. The van der Waals surface area contributed by atoms with E-state index in [0.717, 1.165) is 10.8 Å². The number of benzene rings is 2. The van der Waals surface area contributed by atoms with E-state index < -0.39 is 0 Å². The average molecular weight is 252 g/mol. The van der Waals surface area contributed by atoms with Gasteiger partial charge in [-0.25, -0.2) is 0 Å². The fourth-order valence-corrected chi connectivity index (χ4v) is 2.42. The van der Waals surface area contributed by atoms with Crippen LogP contribution in [-0.2, 0) is 0 Å². The highest BCUT2D eigenvalue weighted by atomic mass is 16.5. The molecule has 0 N–H and O–H groups in total. The number of hydrogen-bond donors (Lipinski definition) is 0. The van der Waals surface area contributed by atoms with Gasteiger partial charge in [0, 0.05) is 22.1 Å². The summed E-state index contributed by atoms with van der Waals surface area (Å²) in [5.41, 5.74) is 1.41. The molecule has 3 nitrogen and oxygen atoms in total. The van der Waals surface area contributed by atoms with Crippen molar-refractivity contribution in [3.8, 4) is 5.75 Å². The quantitative estimate of drug-likeness (QED) is 0.783. The largest absolute Gasteiger partial charge is 0.496 e. The standard InChI is InChI=1S/C16H12O3/c1-9-6-14(17)12-8-11-10(7-13(12)16(9)18)4-3-5-15(11)19-2/h3-8H,1-2H3. The number of fused-ring (bicyclic) bond motifs is 2. The van der Waals surface area contributed by atoms with Crippen molar-refractivity contribution in [1.29, 1.82) is 0 Å². The second-order valence-electron chi connectivity index (χ2n) is 4.60. The maximum atomic E-state index is 12.1. The van der Waals surface area contributed by atoms with Crippen molar-refractivity contribution in [3.05, 3.63) is 53.1 Å². The maximum absolute atomic E-state index is 12.1. The first-order chi connectivity index (χ1) is 9.11. The zero-order valence-corrected chi connectivity index (χ0v) is 10.7. The summed E-state index contributed by atoms with van der Waals surface area (Å²) in [6.07, 6.45) is 1.39. The molecule has 2 aromatic carbocycles. The fraction of sp³-hybridized carbons (Fsp3) is 0.125. The van der Waals surface area contributed by atoms with Crippen LogP contribution in [0.4, 0.5) is 0 Å².